The first-order valence-corrected chi connectivity index (χ1v) is 8.79. The van der Waals surface area contributed by atoms with Crippen LogP contribution < -0.4 is 0 Å². The summed E-state index contributed by atoms with van der Waals surface area (Å²) in [6.45, 7) is 3.88. The first-order chi connectivity index (χ1) is 12.0. The first-order valence-electron chi connectivity index (χ1n) is 8.79. The molecule has 1 saturated carbocycles. The Bertz CT molecular complexity index is 775. The third-order valence-electron chi connectivity index (χ3n) is 5.17. The molecule has 1 aliphatic heterocycles. The maximum absolute atomic E-state index is 13.1. The summed E-state index contributed by atoms with van der Waals surface area (Å²) in [5.74, 6) is 1.64. The van der Waals surface area contributed by atoms with Gasteiger partial charge in [0.15, 0.2) is 11.5 Å². The van der Waals surface area contributed by atoms with Crippen LogP contribution in [0.1, 0.15) is 47.4 Å². The van der Waals surface area contributed by atoms with Crippen molar-refractivity contribution in [3.63, 3.8) is 0 Å². The number of aryl methyl sites for hydroxylation is 1. The van der Waals surface area contributed by atoms with Gasteiger partial charge in [-0.25, -0.2) is 4.68 Å². The number of hydrogen-bond donors (Lipinski definition) is 0. The van der Waals surface area contributed by atoms with E-state index in [1.165, 1.54) is 6.42 Å². The second-order valence-corrected chi connectivity index (χ2v) is 7.29. The molecule has 25 heavy (non-hydrogen) atoms. The van der Waals surface area contributed by atoms with Gasteiger partial charge in [-0.05, 0) is 40.3 Å². The van der Waals surface area contributed by atoms with E-state index in [2.05, 4.69) is 30.0 Å². The lowest BCUT2D eigenvalue weighted by Crippen LogP contribution is -2.51. The molecule has 0 N–H and O–H groups in total. The highest BCUT2D eigenvalue weighted by molar-refractivity contribution is 5.92. The number of carbonyl (C=O) groups is 1. The van der Waals surface area contributed by atoms with Crippen LogP contribution in [0, 0.1) is 6.92 Å². The predicted octanol–water partition coefficient (Wildman–Crippen LogP) is 0.489. The van der Waals surface area contributed by atoms with Crippen molar-refractivity contribution < 1.29 is 4.79 Å². The third kappa shape index (κ3) is 2.92. The molecule has 1 unspecified atom stereocenters. The molecular formula is C16H24N8O. The molecule has 1 atom stereocenters. The number of rotatable bonds is 4. The number of amides is 1. The Balaban J connectivity index is 1.59. The molecule has 1 fully saturated rings. The zero-order valence-electron chi connectivity index (χ0n) is 15.0. The molecule has 2 aromatic rings. The van der Waals surface area contributed by atoms with Gasteiger partial charge in [-0.3, -0.25) is 4.79 Å². The fraction of sp³-hybridized carbons (Fsp3) is 0.688. The normalized spacial score (nSPS) is 20.6. The molecule has 0 radical (unpaired) electrons. The van der Waals surface area contributed by atoms with Crippen LogP contribution in [-0.2, 0) is 13.1 Å². The van der Waals surface area contributed by atoms with Crippen molar-refractivity contribution >= 4 is 5.91 Å². The topological polar surface area (TPSA) is 85.0 Å². The maximum Gasteiger partial charge on any atom is 0.276 e. The van der Waals surface area contributed by atoms with E-state index in [-0.39, 0.29) is 11.9 Å². The van der Waals surface area contributed by atoms with Crippen LogP contribution in [0.25, 0.3) is 0 Å². The standard InChI is InChI=1S/C16H24N8O/c1-11-17-19-15-10-23(13(7-21(2)3)8-22(11)15)16(25)14-9-24(20-18-14)12-5-4-6-12/h9,12-13H,4-8,10H2,1-3H3. The number of carbonyl (C=O) groups excluding carboxylic acids is 1. The molecule has 9 nitrogen and oxygen atoms in total. The Labute approximate surface area is 146 Å². The van der Waals surface area contributed by atoms with Gasteiger partial charge in [-0.1, -0.05) is 5.21 Å². The molecule has 2 aliphatic rings. The van der Waals surface area contributed by atoms with Gasteiger partial charge in [0, 0.05) is 13.1 Å². The lowest BCUT2D eigenvalue weighted by Gasteiger charge is -2.37. The minimum absolute atomic E-state index is 0.0542. The van der Waals surface area contributed by atoms with Crippen molar-refractivity contribution in [2.24, 2.45) is 0 Å². The lowest BCUT2D eigenvalue weighted by atomic mass is 9.93. The van der Waals surface area contributed by atoms with Gasteiger partial charge in [0.2, 0.25) is 0 Å². The van der Waals surface area contributed by atoms with Crippen LogP contribution in [-0.4, -0.2) is 72.1 Å². The van der Waals surface area contributed by atoms with Crippen molar-refractivity contribution in [2.75, 3.05) is 20.6 Å². The summed E-state index contributed by atoms with van der Waals surface area (Å²) in [6.07, 6.45) is 5.25. The van der Waals surface area contributed by atoms with Crippen molar-refractivity contribution in [1.29, 1.82) is 0 Å². The fourth-order valence-corrected chi connectivity index (χ4v) is 3.54. The monoisotopic (exact) mass is 344 g/mol. The summed E-state index contributed by atoms with van der Waals surface area (Å²) >= 11 is 0. The minimum Gasteiger partial charge on any atom is -0.324 e. The summed E-state index contributed by atoms with van der Waals surface area (Å²) in [5, 5.41) is 16.7. The Morgan fingerprint density at radius 3 is 2.76 bits per heavy atom. The molecule has 0 spiro atoms. The van der Waals surface area contributed by atoms with E-state index in [4.69, 9.17) is 0 Å². The molecule has 0 aromatic carbocycles. The van der Waals surface area contributed by atoms with Gasteiger partial charge in [0.05, 0.1) is 24.8 Å². The quantitative estimate of drug-likeness (QED) is 0.802. The number of aromatic nitrogens is 6. The second-order valence-electron chi connectivity index (χ2n) is 7.29. The molecule has 0 saturated heterocycles. The number of fused-ring (bicyclic) bond motifs is 1. The molecule has 0 bridgehead atoms. The molecule has 1 amide bonds. The van der Waals surface area contributed by atoms with Gasteiger partial charge in [-0.15, -0.1) is 15.3 Å². The summed E-state index contributed by atoms with van der Waals surface area (Å²) in [6, 6.07) is 0.456. The lowest BCUT2D eigenvalue weighted by molar-refractivity contribution is 0.0537. The highest BCUT2D eigenvalue weighted by atomic mass is 16.2. The summed E-state index contributed by atoms with van der Waals surface area (Å²) < 4.78 is 3.94. The zero-order chi connectivity index (χ0) is 17.6. The maximum atomic E-state index is 13.1. The van der Waals surface area contributed by atoms with E-state index in [1.807, 2.05) is 30.6 Å². The van der Waals surface area contributed by atoms with Gasteiger partial charge in [0.1, 0.15) is 5.82 Å². The van der Waals surface area contributed by atoms with Crippen molar-refractivity contribution in [2.45, 2.75) is 51.4 Å². The van der Waals surface area contributed by atoms with E-state index in [0.717, 1.165) is 31.0 Å². The fourth-order valence-electron chi connectivity index (χ4n) is 3.54. The van der Waals surface area contributed by atoms with Crippen LogP contribution in [0.2, 0.25) is 0 Å². The van der Waals surface area contributed by atoms with Crippen LogP contribution in [0.4, 0.5) is 0 Å². The molecule has 3 heterocycles. The largest absolute Gasteiger partial charge is 0.324 e. The van der Waals surface area contributed by atoms with Gasteiger partial charge >= 0.3 is 0 Å². The Morgan fingerprint density at radius 2 is 2.08 bits per heavy atom. The van der Waals surface area contributed by atoms with Crippen molar-refractivity contribution in [3.8, 4) is 0 Å². The Morgan fingerprint density at radius 1 is 1.28 bits per heavy atom. The number of nitrogens with zero attached hydrogens (tertiary/aromatic N) is 8. The average Bonchev–Trinajstić information content (AvgIpc) is 3.12. The number of likely N-dealkylation sites (N-methyl/N-ethyl adjacent to an activating group) is 1. The third-order valence-corrected chi connectivity index (χ3v) is 5.17. The molecule has 2 aromatic heterocycles. The van der Waals surface area contributed by atoms with Crippen LogP contribution in [0.3, 0.4) is 0 Å². The first kappa shape index (κ1) is 16.2. The Hall–Kier alpha value is -2.29. The van der Waals surface area contributed by atoms with Crippen LogP contribution >= 0.6 is 0 Å². The van der Waals surface area contributed by atoms with Crippen molar-refractivity contribution in [3.05, 3.63) is 23.5 Å². The zero-order valence-corrected chi connectivity index (χ0v) is 15.0. The van der Waals surface area contributed by atoms with Gasteiger partial charge in [0.25, 0.3) is 5.91 Å². The summed E-state index contributed by atoms with van der Waals surface area (Å²) in [4.78, 5) is 17.0. The molecule has 9 heteroatoms. The van der Waals surface area contributed by atoms with E-state index in [1.54, 1.807) is 6.20 Å². The molecule has 134 valence electrons. The average molecular weight is 344 g/mol. The van der Waals surface area contributed by atoms with E-state index < -0.39 is 0 Å². The van der Waals surface area contributed by atoms with Gasteiger partial charge in [-0.2, -0.15) is 0 Å². The molecule has 1 aliphatic carbocycles. The highest BCUT2D eigenvalue weighted by Gasteiger charge is 2.34. The van der Waals surface area contributed by atoms with E-state index in [9.17, 15) is 4.79 Å². The van der Waals surface area contributed by atoms with Crippen LogP contribution in [0.15, 0.2) is 6.20 Å². The predicted molar refractivity (Wildman–Crippen MR) is 89.9 cm³/mol. The minimum atomic E-state index is -0.0793. The van der Waals surface area contributed by atoms with Crippen molar-refractivity contribution in [1.82, 2.24) is 39.6 Å². The van der Waals surface area contributed by atoms with Crippen LogP contribution in [0.5, 0.6) is 0 Å². The van der Waals surface area contributed by atoms with Gasteiger partial charge < -0.3 is 14.4 Å². The van der Waals surface area contributed by atoms with E-state index >= 15 is 0 Å². The summed E-state index contributed by atoms with van der Waals surface area (Å²) in [5.41, 5.74) is 0.417. The van der Waals surface area contributed by atoms with E-state index in [0.29, 0.717) is 24.8 Å². The molecular weight excluding hydrogens is 320 g/mol. The summed E-state index contributed by atoms with van der Waals surface area (Å²) in [7, 11) is 4.04. The highest BCUT2D eigenvalue weighted by Crippen LogP contribution is 2.30. The Kier molecular flexibility index (Phi) is 4.03. The number of hydrogen-bond acceptors (Lipinski definition) is 6. The SMILES string of the molecule is Cc1nnc2n1CC(CN(C)C)N(C(=O)c1cn(C3CCC3)nn1)C2. The molecule has 4 rings (SSSR count). The smallest absolute Gasteiger partial charge is 0.276 e. The second kappa shape index (κ2) is 6.21.